The lowest BCUT2D eigenvalue weighted by Gasteiger charge is -2.27. The van der Waals surface area contributed by atoms with E-state index in [4.69, 9.17) is 4.74 Å². The molecule has 0 fully saturated rings. The minimum atomic E-state index is -0.115. The lowest BCUT2D eigenvalue weighted by molar-refractivity contribution is 0.0924. The molecule has 2 aromatic rings. The van der Waals surface area contributed by atoms with E-state index in [0.29, 0.717) is 12.2 Å². The van der Waals surface area contributed by atoms with Crippen LogP contribution in [0.5, 0.6) is 5.75 Å². The van der Waals surface area contributed by atoms with Crippen LogP contribution in [0.25, 0.3) is 0 Å². The van der Waals surface area contributed by atoms with Crippen LogP contribution in [-0.2, 0) is 0 Å². The van der Waals surface area contributed by atoms with Crippen LogP contribution in [0.1, 0.15) is 28.4 Å². The molecule has 1 aliphatic rings. The van der Waals surface area contributed by atoms with E-state index in [1.165, 1.54) is 0 Å². The summed E-state index contributed by atoms with van der Waals surface area (Å²) in [4.78, 5) is 16.2. The van der Waals surface area contributed by atoms with Gasteiger partial charge < -0.3 is 10.1 Å². The van der Waals surface area contributed by atoms with Gasteiger partial charge in [0.05, 0.1) is 22.7 Å². The van der Waals surface area contributed by atoms with Gasteiger partial charge in [-0.25, -0.2) is 0 Å². The average Bonchev–Trinajstić information content (AvgIpc) is 2.49. The lowest BCUT2D eigenvalue weighted by Crippen LogP contribution is -2.32. The molecule has 1 aromatic heterocycles. The summed E-state index contributed by atoms with van der Waals surface area (Å²) in [5.74, 6) is 0.700. The first-order valence-corrected chi connectivity index (χ1v) is 7.17. The molecule has 0 aliphatic carbocycles. The summed E-state index contributed by atoms with van der Waals surface area (Å²) < 4.78 is 6.57. The van der Waals surface area contributed by atoms with Crippen molar-refractivity contribution in [1.82, 2.24) is 10.3 Å². The Morgan fingerprint density at radius 1 is 1.35 bits per heavy atom. The Kier molecular flexibility index (Phi) is 3.69. The molecule has 20 heavy (non-hydrogen) atoms. The van der Waals surface area contributed by atoms with E-state index in [1.807, 2.05) is 18.2 Å². The number of nitrogens with zero attached hydrogens (tertiary/aromatic N) is 1. The summed E-state index contributed by atoms with van der Waals surface area (Å²) in [6.45, 7) is 0.591. The van der Waals surface area contributed by atoms with E-state index in [1.54, 1.807) is 24.5 Å². The fourth-order valence-corrected chi connectivity index (χ4v) is 2.77. The van der Waals surface area contributed by atoms with Crippen molar-refractivity contribution < 1.29 is 9.53 Å². The topological polar surface area (TPSA) is 51.2 Å². The number of rotatable bonds is 2. The van der Waals surface area contributed by atoms with Crippen molar-refractivity contribution in [2.45, 2.75) is 12.5 Å². The van der Waals surface area contributed by atoms with E-state index in [-0.39, 0.29) is 11.9 Å². The second-order valence-corrected chi connectivity index (χ2v) is 5.42. The summed E-state index contributed by atoms with van der Waals surface area (Å²) in [6.07, 6.45) is 3.98. The van der Waals surface area contributed by atoms with E-state index < -0.39 is 0 Å². The second kappa shape index (κ2) is 5.63. The first-order valence-electron chi connectivity index (χ1n) is 6.38. The number of para-hydroxylation sites is 1. The zero-order valence-corrected chi connectivity index (χ0v) is 12.3. The minimum absolute atomic E-state index is 0.0380. The predicted molar refractivity (Wildman–Crippen MR) is 78.7 cm³/mol. The molecule has 1 N–H and O–H groups in total. The van der Waals surface area contributed by atoms with E-state index in [2.05, 4.69) is 26.2 Å². The Morgan fingerprint density at radius 2 is 2.25 bits per heavy atom. The molecule has 1 aliphatic heterocycles. The molecule has 102 valence electrons. The maximum absolute atomic E-state index is 12.2. The highest BCUT2D eigenvalue weighted by atomic mass is 79.9. The van der Waals surface area contributed by atoms with Crippen molar-refractivity contribution in [2.75, 3.05) is 6.61 Å². The molecule has 2 heterocycles. The number of aromatic nitrogens is 1. The number of ether oxygens (including phenoxy) is 1. The number of pyridine rings is 1. The van der Waals surface area contributed by atoms with Gasteiger partial charge in [-0.2, -0.15) is 0 Å². The monoisotopic (exact) mass is 332 g/mol. The van der Waals surface area contributed by atoms with Gasteiger partial charge in [-0.05, 0) is 34.1 Å². The molecule has 0 saturated heterocycles. The van der Waals surface area contributed by atoms with Gasteiger partial charge in [-0.15, -0.1) is 0 Å². The number of fused-ring (bicyclic) bond motifs is 1. The highest BCUT2D eigenvalue weighted by molar-refractivity contribution is 9.10. The first-order chi connectivity index (χ1) is 9.75. The van der Waals surface area contributed by atoms with E-state index >= 15 is 0 Å². The van der Waals surface area contributed by atoms with Crippen molar-refractivity contribution in [3.05, 3.63) is 58.3 Å². The fraction of sp³-hybridized carbons (Fsp3) is 0.200. The zero-order chi connectivity index (χ0) is 13.9. The number of carbonyl (C=O) groups is 1. The van der Waals surface area contributed by atoms with Gasteiger partial charge in [0.25, 0.3) is 5.91 Å². The third-order valence-corrected chi connectivity index (χ3v) is 3.88. The lowest BCUT2D eigenvalue weighted by atomic mass is 10.0. The molecule has 1 atom stereocenters. The smallest absolute Gasteiger partial charge is 0.253 e. The third kappa shape index (κ3) is 2.54. The first kappa shape index (κ1) is 13.1. The zero-order valence-electron chi connectivity index (χ0n) is 10.7. The van der Waals surface area contributed by atoms with Gasteiger partial charge in [-0.3, -0.25) is 9.78 Å². The van der Waals surface area contributed by atoms with Gasteiger partial charge >= 0.3 is 0 Å². The molecule has 0 saturated carbocycles. The summed E-state index contributed by atoms with van der Waals surface area (Å²) in [6, 6.07) is 9.33. The highest BCUT2D eigenvalue weighted by Crippen LogP contribution is 2.37. The van der Waals surface area contributed by atoms with Crippen LogP contribution in [0.3, 0.4) is 0 Å². The Morgan fingerprint density at radius 3 is 3.05 bits per heavy atom. The normalized spacial score (nSPS) is 16.9. The molecule has 5 heteroatoms. The van der Waals surface area contributed by atoms with Crippen molar-refractivity contribution in [2.24, 2.45) is 0 Å². The van der Waals surface area contributed by atoms with Crippen molar-refractivity contribution in [3.63, 3.8) is 0 Å². The number of benzene rings is 1. The van der Waals surface area contributed by atoms with Gasteiger partial charge in [0, 0.05) is 24.4 Å². The number of hydrogen-bond donors (Lipinski definition) is 1. The largest absolute Gasteiger partial charge is 0.492 e. The van der Waals surface area contributed by atoms with Gasteiger partial charge in [0.2, 0.25) is 0 Å². The molecule has 4 nitrogen and oxygen atoms in total. The van der Waals surface area contributed by atoms with Crippen LogP contribution < -0.4 is 10.1 Å². The molecular formula is C15H13BrN2O2. The summed E-state index contributed by atoms with van der Waals surface area (Å²) in [5.41, 5.74) is 1.57. The molecule has 0 radical (unpaired) electrons. The summed E-state index contributed by atoms with van der Waals surface area (Å²) in [7, 11) is 0. The maximum atomic E-state index is 12.2. The molecular weight excluding hydrogens is 320 g/mol. The van der Waals surface area contributed by atoms with E-state index in [0.717, 1.165) is 22.2 Å². The SMILES string of the molecule is O=C(N[C@H]1CCOc2c(Br)cccc21)c1cccnc1. The molecule has 0 unspecified atom stereocenters. The minimum Gasteiger partial charge on any atom is -0.492 e. The Balaban J connectivity index is 1.84. The second-order valence-electron chi connectivity index (χ2n) is 4.56. The van der Waals surface area contributed by atoms with Gasteiger partial charge in [0.1, 0.15) is 5.75 Å². The van der Waals surface area contributed by atoms with Crippen LogP contribution >= 0.6 is 15.9 Å². The van der Waals surface area contributed by atoms with Gasteiger partial charge in [0.15, 0.2) is 0 Å². The number of hydrogen-bond acceptors (Lipinski definition) is 3. The van der Waals surface area contributed by atoms with Crippen molar-refractivity contribution in [3.8, 4) is 5.75 Å². The quantitative estimate of drug-likeness (QED) is 0.919. The van der Waals surface area contributed by atoms with Crippen LogP contribution in [0.15, 0.2) is 47.2 Å². The summed E-state index contributed by atoms with van der Waals surface area (Å²) >= 11 is 3.47. The molecule has 1 amide bonds. The fourth-order valence-electron chi connectivity index (χ4n) is 2.28. The molecule has 0 bridgehead atoms. The number of amides is 1. The van der Waals surface area contributed by atoms with Crippen LogP contribution in [0.2, 0.25) is 0 Å². The predicted octanol–water partition coefficient (Wildman–Crippen LogP) is 3.10. The molecule has 0 spiro atoms. The Bertz CT molecular complexity index is 631. The third-order valence-electron chi connectivity index (χ3n) is 3.25. The standard InChI is InChI=1S/C15H13BrN2O2/c16-12-5-1-4-11-13(6-8-20-14(11)12)18-15(19)10-3-2-7-17-9-10/h1-5,7,9,13H,6,8H2,(H,18,19)/t13-/m0/s1. The van der Waals surface area contributed by atoms with Crippen LogP contribution in [0.4, 0.5) is 0 Å². The Labute approximate surface area is 125 Å². The van der Waals surface area contributed by atoms with Crippen molar-refractivity contribution in [1.29, 1.82) is 0 Å². The maximum Gasteiger partial charge on any atom is 0.253 e. The molecule has 1 aromatic carbocycles. The highest BCUT2D eigenvalue weighted by Gasteiger charge is 2.24. The number of carbonyl (C=O) groups excluding carboxylic acids is 1. The summed E-state index contributed by atoms with van der Waals surface area (Å²) in [5, 5.41) is 3.04. The van der Waals surface area contributed by atoms with Gasteiger partial charge in [-0.1, -0.05) is 12.1 Å². The number of halogens is 1. The van der Waals surface area contributed by atoms with Crippen molar-refractivity contribution >= 4 is 21.8 Å². The van der Waals surface area contributed by atoms with E-state index in [9.17, 15) is 4.79 Å². The number of nitrogens with one attached hydrogen (secondary N) is 1. The van der Waals surface area contributed by atoms with Crippen LogP contribution in [0, 0.1) is 0 Å². The average molecular weight is 333 g/mol. The molecule has 3 rings (SSSR count). The Hall–Kier alpha value is -1.88. The van der Waals surface area contributed by atoms with Crippen LogP contribution in [-0.4, -0.2) is 17.5 Å².